The predicted octanol–water partition coefficient (Wildman–Crippen LogP) is 6.15. The number of carbonyl (C=O) groups excluding carboxylic acids is 4. The highest BCUT2D eigenvalue weighted by atomic mass is 35.5. The molecule has 2 aliphatic carbocycles. The Hall–Kier alpha value is -5.20. The van der Waals surface area contributed by atoms with Crippen LogP contribution in [0, 0.1) is 27.6 Å². The van der Waals surface area contributed by atoms with Gasteiger partial charge in [-0.05, 0) is 79.8 Å². The number of carbonyl (C=O) groups is 4. The summed E-state index contributed by atoms with van der Waals surface area (Å²) < 4.78 is 24.4. The Morgan fingerprint density at radius 3 is 2.26 bits per heavy atom. The minimum Gasteiger partial charge on any atom is -0.491 e. The van der Waals surface area contributed by atoms with Gasteiger partial charge in [0.1, 0.15) is 42.4 Å². The van der Waals surface area contributed by atoms with Crippen molar-refractivity contribution in [2.75, 3.05) is 40.0 Å². The molecule has 350 valence electrons. The standard InChI is InChI=1S/C50H65ClN6O8/c1-30(53-9)42(58)55-41(48(2,3)4)45(61)57-22-12-15-38(57)44(60)54-40-36-14-11-10-13-32(36)27-39(40)64-26-24-62-23-25-63-34-19-16-31(17-20-34)43(59)56-46-49(5,6)47(50(46,7)8)65-35-21-18-33(29-52)37(51)28-35/h10-11,13-14,16-21,28,30,38-41,46-47,53H,12,15,22-27H2,1-9H3,(H,54,60)(H,55,58)(H,56,59)/t30-,38-,39+,40-,41+,46-,47-/m0/s1. The number of hydrogen-bond acceptors (Lipinski definition) is 10. The van der Waals surface area contributed by atoms with Gasteiger partial charge < -0.3 is 45.1 Å². The first-order chi connectivity index (χ1) is 30.8. The van der Waals surface area contributed by atoms with Crippen LogP contribution in [0.5, 0.6) is 11.5 Å². The first-order valence-electron chi connectivity index (χ1n) is 22.5. The first kappa shape index (κ1) is 49.2. The topological polar surface area (TPSA) is 180 Å². The average Bonchev–Trinajstić information content (AvgIpc) is 3.90. The first-order valence-corrected chi connectivity index (χ1v) is 22.9. The number of likely N-dealkylation sites (tertiary alicyclic amines) is 1. The second-order valence-electron chi connectivity index (χ2n) is 19.6. The molecule has 3 aromatic carbocycles. The van der Waals surface area contributed by atoms with Crippen LogP contribution in [0.25, 0.3) is 0 Å². The SMILES string of the molecule is CN[C@@H](C)C(=O)N[C@H](C(=O)N1CCC[C@H]1C(=O)N[C@H]1c2ccccc2C[C@H]1OCCOCCOc1ccc(C(=O)N[C@H]2C(C)(C)[C@H](Oc3ccc(C#N)c(Cl)c3)C2(C)C)cc1)C(C)(C)C. The zero-order chi connectivity index (χ0) is 47.3. The van der Waals surface area contributed by atoms with E-state index in [1.54, 1.807) is 61.3 Å². The molecule has 65 heavy (non-hydrogen) atoms. The Morgan fingerprint density at radius 1 is 0.923 bits per heavy atom. The van der Waals surface area contributed by atoms with Crippen molar-refractivity contribution in [1.29, 1.82) is 5.26 Å². The van der Waals surface area contributed by atoms with E-state index in [1.807, 2.05) is 45.0 Å². The van der Waals surface area contributed by atoms with Crippen molar-refractivity contribution >= 4 is 35.2 Å². The monoisotopic (exact) mass is 912 g/mol. The maximum atomic E-state index is 14.0. The summed E-state index contributed by atoms with van der Waals surface area (Å²) in [5.74, 6) is 0.203. The Labute approximate surface area is 388 Å². The second kappa shape index (κ2) is 20.5. The normalized spacial score (nSPS) is 22.7. The highest BCUT2D eigenvalue weighted by Crippen LogP contribution is 2.55. The van der Waals surface area contributed by atoms with Gasteiger partial charge in [-0.25, -0.2) is 0 Å². The lowest BCUT2D eigenvalue weighted by atomic mass is 9.49. The van der Waals surface area contributed by atoms with Crippen molar-refractivity contribution in [3.05, 3.63) is 94.0 Å². The molecule has 4 amide bonds. The van der Waals surface area contributed by atoms with Crippen LogP contribution in [0.15, 0.2) is 66.7 Å². The van der Waals surface area contributed by atoms with Crippen LogP contribution in [-0.4, -0.2) is 105 Å². The maximum Gasteiger partial charge on any atom is 0.251 e. The smallest absolute Gasteiger partial charge is 0.251 e. The number of nitriles is 1. The number of fused-ring (bicyclic) bond motifs is 1. The highest BCUT2D eigenvalue weighted by molar-refractivity contribution is 6.31. The molecule has 0 radical (unpaired) electrons. The number of hydrogen-bond donors (Lipinski definition) is 4. The van der Waals surface area contributed by atoms with Gasteiger partial charge in [-0.1, -0.05) is 84.3 Å². The molecular weight excluding hydrogens is 848 g/mol. The van der Waals surface area contributed by atoms with E-state index >= 15 is 0 Å². The molecule has 14 nitrogen and oxygen atoms in total. The predicted molar refractivity (Wildman–Crippen MR) is 248 cm³/mol. The molecule has 0 unspecified atom stereocenters. The Balaban J connectivity index is 0.944. The Bertz CT molecular complexity index is 2220. The van der Waals surface area contributed by atoms with Gasteiger partial charge in [-0.2, -0.15) is 5.26 Å². The molecule has 1 saturated carbocycles. The number of nitrogens with zero attached hydrogens (tertiary/aromatic N) is 2. The van der Waals surface area contributed by atoms with E-state index in [0.29, 0.717) is 79.9 Å². The van der Waals surface area contributed by atoms with Gasteiger partial charge in [0.05, 0.1) is 48.6 Å². The third-order valence-electron chi connectivity index (χ3n) is 13.1. The molecule has 6 rings (SSSR count). The molecule has 1 heterocycles. The molecule has 2 fully saturated rings. The third kappa shape index (κ3) is 11.1. The van der Waals surface area contributed by atoms with Crippen LogP contribution in [0.2, 0.25) is 5.02 Å². The van der Waals surface area contributed by atoms with E-state index in [2.05, 4.69) is 55.0 Å². The number of benzene rings is 3. The fourth-order valence-electron chi connectivity index (χ4n) is 9.74. The van der Waals surface area contributed by atoms with Crippen LogP contribution in [0.4, 0.5) is 0 Å². The lowest BCUT2D eigenvalue weighted by Crippen LogP contribution is -2.74. The molecule has 4 N–H and O–H groups in total. The summed E-state index contributed by atoms with van der Waals surface area (Å²) in [5, 5.41) is 21.8. The number of nitrogens with one attached hydrogen (secondary N) is 4. The molecule has 1 aliphatic heterocycles. The number of likely N-dealkylation sites (N-methyl/N-ethyl adjacent to an activating group) is 1. The zero-order valence-corrected chi connectivity index (χ0v) is 39.8. The molecule has 5 atom stereocenters. The zero-order valence-electron chi connectivity index (χ0n) is 39.1. The summed E-state index contributed by atoms with van der Waals surface area (Å²) in [4.78, 5) is 55.9. The van der Waals surface area contributed by atoms with Crippen molar-refractivity contribution < 1.29 is 38.1 Å². The van der Waals surface area contributed by atoms with E-state index in [1.165, 1.54) is 0 Å². The van der Waals surface area contributed by atoms with Crippen molar-refractivity contribution in [2.45, 2.75) is 117 Å². The molecule has 15 heteroatoms. The number of halogens is 1. The van der Waals surface area contributed by atoms with Crippen molar-refractivity contribution in [3.63, 3.8) is 0 Å². The van der Waals surface area contributed by atoms with Crippen LogP contribution in [0.1, 0.15) is 101 Å². The average molecular weight is 914 g/mol. The second-order valence-corrected chi connectivity index (χ2v) is 20.0. The molecule has 0 aromatic heterocycles. The summed E-state index contributed by atoms with van der Waals surface area (Å²) in [6.07, 6.45) is 1.29. The summed E-state index contributed by atoms with van der Waals surface area (Å²) in [5.41, 5.74) is 1.61. The van der Waals surface area contributed by atoms with Crippen LogP contribution < -0.4 is 30.7 Å². The molecular formula is C50H65ClN6O8. The largest absolute Gasteiger partial charge is 0.491 e. The summed E-state index contributed by atoms with van der Waals surface area (Å²) >= 11 is 6.24. The van der Waals surface area contributed by atoms with Crippen LogP contribution in [-0.2, 0) is 30.3 Å². The van der Waals surface area contributed by atoms with E-state index in [0.717, 1.165) is 11.1 Å². The van der Waals surface area contributed by atoms with E-state index in [9.17, 15) is 24.4 Å². The van der Waals surface area contributed by atoms with Gasteiger partial charge in [0.2, 0.25) is 17.7 Å². The molecule has 0 bridgehead atoms. The van der Waals surface area contributed by atoms with Gasteiger partial charge in [-0.15, -0.1) is 0 Å². The number of amides is 4. The molecule has 0 spiro atoms. The number of ether oxygens (including phenoxy) is 4. The van der Waals surface area contributed by atoms with E-state index < -0.39 is 40.4 Å². The Kier molecular flexibility index (Phi) is 15.6. The Morgan fingerprint density at radius 2 is 1.60 bits per heavy atom. The number of rotatable bonds is 18. The lowest BCUT2D eigenvalue weighted by Gasteiger charge is -2.63. The maximum absolute atomic E-state index is 14.0. The van der Waals surface area contributed by atoms with Crippen molar-refractivity contribution in [1.82, 2.24) is 26.2 Å². The van der Waals surface area contributed by atoms with E-state index in [-0.39, 0.29) is 41.9 Å². The van der Waals surface area contributed by atoms with Gasteiger partial charge in [0.25, 0.3) is 5.91 Å². The van der Waals surface area contributed by atoms with Gasteiger partial charge in [0, 0.05) is 41.5 Å². The quantitative estimate of drug-likeness (QED) is 0.108. The highest BCUT2D eigenvalue weighted by Gasteiger charge is 2.64. The van der Waals surface area contributed by atoms with Crippen molar-refractivity contribution in [2.24, 2.45) is 16.2 Å². The third-order valence-corrected chi connectivity index (χ3v) is 13.5. The molecule has 1 saturated heterocycles. The van der Waals surface area contributed by atoms with Gasteiger partial charge >= 0.3 is 0 Å². The minimum absolute atomic E-state index is 0.172. The molecule has 3 aliphatic rings. The fourth-order valence-corrected chi connectivity index (χ4v) is 9.95. The summed E-state index contributed by atoms with van der Waals surface area (Å²) in [6, 6.07) is 19.5. The van der Waals surface area contributed by atoms with Crippen molar-refractivity contribution in [3.8, 4) is 17.6 Å². The van der Waals surface area contributed by atoms with Gasteiger partial charge in [-0.3, -0.25) is 19.2 Å². The lowest BCUT2D eigenvalue weighted by molar-refractivity contribution is -0.164. The fraction of sp³-hybridized carbons (Fsp3) is 0.540. The summed E-state index contributed by atoms with van der Waals surface area (Å²) in [7, 11) is 1.69. The van der Waals surface area contributed by atoms with Gasteiger partial charge in [0.15, 0.2) is 0 Å². The minimum atomic E-state index is -0.800. The summed E-state index contributed by atoms with van der Waals surface area (Å²) in [6.45, 7) is 17.4. The van der Waals surface area contributed by atoms with Crippen LogP contribution in [0.3, 0.4) is 0 Å². The van der Waals surface area contributed by atoms with Crippen LogP contribution >= 0.6 is 11.6 Å². The molecule has 3 aromatic rings. The van der Waals surface area contributed by atoms with E-state index in [4.69, 9.17) is 30.5 Å².